The first kappa shape index (κ1) is 19.4. The van der Waals surface area contributed by atoms with Gasteiger partial charge in [-0.3, -0.25) is 4.99 Å². The van der Waals surface area contributed by atoms with Crippen LogP contribution in [0.3, 0.4) is 0 Å². The van der Waals surface area contributed by atoms with Gasteiger partial charge in [0.2, 0.25) is 0 Å². The number of guanidine groups is 1. The van der Waals surface area contributed by atoms with Gasteiger partial charge in [-0.15, -0.1) is 24.0 Å². The van der Waals surface area contributed by atoms with Crippen molar-refractivity contribution in [2.45, 2.75) is 56.1 Å². The highest BCUT2D eigenvalue weighted by Crippen LogP contribution is 2.62. The summed E-state index contributed by atoms with van der Waals surface area (Å²) in [5.74, 6) is 1.39. The van der Waals surface area contributed by atoms with E-state index in [4.69, 9.17) is 4.74 Å². The number of nitrogens with zero attached hydrogens (tertiary/aromatic N) is 1. The maximum atomic E-state index is 14.2. The van der Waals surface area contributed by atoms with Crippen molar-refractivity contribution in [3.05, 3.63) is 35.6 Å². The molecule has 0 radical (unpaired) electrons. The molecule has 4 aliphatic rings. The molecule has 1 spiro atoms. The quantitative estimate of drug-likeness (QED) is 0.389. The first-order chi connectivity index (χ1) is 12.7. The lowest BCUT2D eigenvalue weighted by Gasteiger charge is -2.63. The fourth-order valence-corrected chi connectivity index (χ4v) is 5.63. The van der Waals surface area contributed by atoms with Crippen molar-refractivity contribution in [3.63, 3.8) is 0 Å². The zero-order chi connectivity index (χ0) is 17.8. The van der Waals surface area contributed by atoms with Gasteiger partial charge in [0.25, 0.3) is 0 Å². The first-order valence-corrected chi connectivity index (χ1v) is 10.0. The van der Waals surface area contributed by atoms with E-state index in [-0.39, 0.29) is 35.2 Å². The van der Waals surface area contributed by atoms with Crippen molar-refractivity contribution in [2.24, 2.45) is 16.3 Å². The minimum Gasteiger partial charge on any atom is -0.377 e. The summed E-state index contributed by atoms with van der Waals surface area (Å²) >= 11 is 0. The van der Waals surface area contributed by atoms with Gasteiger partial charge in [0.05, 0.1) is 6.10 Å². The molecule has 3 atom stereocenters. The van der Waals surface area contributed by atoms with E-state index < -0.39 is 0 Å². The number of rotatable bonds is 4. The fraction of sp³-hybridized carbons (Fsp3) is 0.667. The van der Waals surface area contributed by atoms with Gasteiger partial charge in [0.1, 0.15) is 5.82 Å². The Morgan fingerprint density at radius 2 is 2.04 bits per heavy atom. The smallest absolute Gasteiger partial charge is 0.191 e. The summed E-state index contributed by atoms with van der Waals surface area (Å²) in [5, 5.41) is 7.19. The summed E-state index contributed by atoms with van der Waals surface area (Å²) in [6, 6.07) is 7.66. The molecule has 3 saturated carbocycles. The number of aliphatic imine (C=N–C) groups is 1. The fourth-order valence-electron chi connectivity index (χ4n) is 5.63. The summed E-state index contributed by atoms with van der Waals surface area (Å²) in [5.41, 5.74) is 1.10. The van der Waals surface area contributed by atoms with Crippen LogP contribution in [0.1, 0.15) is 44.1 Å². The van der Waals surface area contributed by atoms with E-state index >= 15 is 0 Å². The summed E-state index contributed by atoms with van der Waals surface area (Å²) in [6.07, 6.45) is 7.52. The molecule has 5 rings (SSSR count). The van der Waals surface area contributed by atoms with Crippen LogP contribution in [0, 0.1) is 17.2 Å². The van der Waals surface area contributed by atoms with Crippen LogP contribution in [0.4, 0.5) is 4.39 Å². The minimum absolute atomic E-state index is 0. The number of hydrogen-bond acceptors (Lipinski definition) is 2. The molecule has 0 bridgehead atoms. The molecule has 0 amide bonds. The minimum atomic E-state index is -0.0897. The predicted molar refractivity (Wildman–Crippen MR) is 115 cm³/mol. The Morgan fingerprint density at radius 1 is 1.26 bits per heavy atom. The molecule has 4 fully saturated rings. The number of nitrogens with one attached hydrogen (secondary N) is 2. The molecule has 1 heterocycles. The SMILES string of the molecule is CN=C(NCC1(c2ccccc2F)CC1)NC1C2CCOC2C12CCC2.I. The van der Waals surface area contributed by atoms with Crippen LogP contribution in [0.2, 0.25) is 0 Å². The lowest BCUT2D eigenvalue weighted by molar-refractivity contribution is -0.171. The third-order valence-electron chi connectivity index (χ3n) is 7.44. The van der Waals surface area contributed by atoms with Gasteiger partial charge in [-0.05, 0) is 43.7 Å². The van der Waals surface area contributed by atoms with Gasteiger partial charge in [-0.25, -0.2) is 4.39 Å². The number of ether oxygens (including phenoxy) is 1. The van der Waals surface area contributed by atoms with Gasteiger partial charge in [0, 0.05) is 43.0 Å². The number of fused-ring (bicyclic) bond motifs is 2. The molecule has 1 saturated heterocycles. The van der Waals surface area contributed by atoms with Gasteiger partial charge in [0.15, 0.2) is 5.96 Å². The van der Waals surface area contributed by atoms with Crippen molar-refractivity contribution < 1.29 is 9.13 Å². The average molecular weight is 485 g/mol. The Morgan fingerprint density at radius 3 is 2.67 bits per heavy atom. The second-order valence-electron chi connectivity index (χ2n) is 8.64. The largest absolute Gasteiger partial charge is 0.377 e. The molecule has 6 heteroatoms. The molecule has 27 heavy (non-hydrogen) atoms. The normalized spacial score (nSPS) is 31.9. The standard InChI is InChI=1S/C21H28FN3O.HI/c1-23-19(24-13-20(10-11-20)15-5-2-3-6-16(15)22)25-17-14-7-12-26-18(14)21(17)8-4-9-21;/h2-3,5-6,14,17-18H,4,7-13H2,1H3,(H2,23,24,25);1H. The van der Waals surface area contributed by atoms with Gasteiger partial charge < -0.3 is 15.4 Å². The van der Waals surface area contributed by atoms with E-state index in [0.29, 0.717) is 23.5 Å². The molecule has 1 aromatic carbocycles. The van der Waals surface area contributed by atoms with Crippen LogP contribution >= 0.6 is 24.0 Å². The molecule has 1 aromatic rings. The summed E-state index contributed by atoms with van der Waals surface area (Å²) in [4.78, 5) is 4.45. The Bertz CT molecular complexity index is 732. The third-order valence-corrected chi connectivity index (χ3v) is 7.44. The van der Waals surface area contributed by atoms with E-state index in [1.165, 1.54) is 19.3 Å². The zero-order valence-electron chi connectivity index (χ0n) is 15.8. The Hall–Kier alpha value is -0.890. The monoisotopic (exact) mass is 485 g/mol. The summed E-state index contributed by atoms with van der Waals surface area (Å²) in [7, 11) is 1.83. The maximum Gasteiger partial charge on any atom is 0.191 e. The highest BCUT2D eigenvalue weighted by Gasteiger charge is 2.66. The van der Waals surface area contributed by atoms with Crippen LogP contribution in [-0.2, 0) is 10.2 Å². The predicted octanol–water partition coefficient (Wildman–Crippen LogP) is 3.60. The first-order valence-electron chi connectivity index (χ1n) is 10.0. The molecule has 0 aromatic heterocycles. The van der Waals surface area contributed by atoms with Crippen molar-refractivity contribution in [1.29, 1.82) is 0 Å². The molecule has 148 valence electrons. The van der Waals surface area contributed by atoms with E-state index in [0.717, 1.165) is 43.9 Å². The third kappa shape index (κ3) is 2.98. The van der Waals surface area contributed by atoms with Gasteiger partial charge >= 0.3 is 0 Å². The van der Waals surface area contributed by atoms with Gasteiger partial charge in [-0.1, -0.05) is 24.6 Å². The van der Waals surface area contributed by atoms with E-state index in [9.17, 15) is 4.39 Å². The van der Waals surface area contributed by atoms with Crippen LogP contribution in [0.25, 0.3) is 0 Å². The number of halogens is 2. The van der Waals surface area contributed by atoms with Gasteiger partial charge in [-0.2, -0.15) is 0 Å². The van der Waals surface area contributed by atoms with Crippen molar-refractivity contribution in [1.82, 2.24) is 10.6 Å². The molecule has 1 aliphatic heterocycles. The average Bonchev–Trinajstić information content (AvgIpc) is 3.27. The lowest BCUT2D eigenvalue weighted by Crippen LogP contribution is -2.72. The summed E-state index contributed by atoms with van der Waals surface area (Å²) in [6.45, 7) is 1.63. The zero-order valence-corrected chi connectivity index (χ0v) is 18.2. The maximum absolute atomic E-state index is 14.2. The van der Waals surface area contributed by atoms with Crippen LogP contribution in [0.15, 0.2) is 29.3 Å². The lowest BCUT2D eigenvalue weighted by atomic mass is 9.46. The molecular weight excluding hydrogens is 456 g/mol. The second kappa shape index (κ2) is 7.17. The van der Waals surface area contributed by atoms with Crippen LogP contribution in [0.5, 0.6) is 0 Å². The number of benzene rings is 1. The van der Waals surface area contributed by atoms with Crippen LogP contribution in [-0.4, -0.2) is 38.3 Å². The highest BCUT2D eigenvalue weighted by molar-refractivity contribution is 14.0. The number of hydrogen-bond donors (Lipinski definition) is 2. The highest BCUT2D eigenvalue weighted by atomic mass is 127. The molecule has 3 unspecified atom stereocenters. The Labute approximate surface area is 177 Å². The molecular formula is C21H29FIN3O. The Kier molecular flexibility index (Phi) is 5.16. The van der Waals surface area contributed by atoms with Crippen molar-refractivity contribution >= 4 is 29.9 Å². The molecule has 2 N–H and O–H groups in total. The second-order valence-corrected chi connectivity index (χ2v) is 8.64. The molecule has 3 aliphatic carbocycles. The van der Waals surface area contributed by atoms with E-state index in [2.05, 4.69) is 15.6 Å². The van der Waals surface area contributed by atoms with E-state index in [1.54, 1.807) is 12.1 Å². The summed E-state index contributed by atoms with van der Waals surface area (Å²) < 4.78 is 20.2. The molecule has 4 nitrogen and oxygen atoms in total. The Balaban J connectivity index is 0.00000180. The van der Waals surface area contributed by atoms with Crippen molar-refractivity contribution in [3.8, 4) is 0 Å². The van der Waals surface area contributed by atoms with E-state index in [1.807, 2.05) is 19.2 Å². The van der Waals surface area contributed by atoms with Crippen LogP contribution < -0.4 is 10.6 Å². The topological polar surface area (TPSA) is 45.7 Å². The van der Waals surface area contributed by atoms with Crippen molar-refractivity contribution in [2.75, 3.05) is 20.2 Å².